The summed E-state index contributed by atoms with van der Waals surface area (Å²) in [6.45, 7) is 2.22. The molecule has 0 spiro atoms. The van der Waals surface area contributed by atoms with Gasteiger partial charge in [-0.05, 0) is 37.1 Å². The third-order valence-corrected chi connectivity index (χ3v) is 3.97. The molecule has 0 aliphatic carbocycles. The Hall–Kier alpha value is -3.35. The van der Waals surface area contributed by atoms with Crippen LogP contribution in [0.4, 0.5) is 0 Å². The summed E-state index contributed by atoms with van der Waals surface area (Å²) in [5, 5.41) is 2.82. The highest BCUT2D eigenvalue weighted by Crippen LogP contribution is 2.13. The third-order valence-electron chi connectivity index (χ3n) is 3.97. The van der Waals surface area contributed by atoms with Gasteiger partial charge in [0.2, 0.25) is 5.91 Å². The molecular weight excluding hydrogens is 330 g/mol. The molecule has 3 heterocycles. The quantitative estimate of drug-likeness (QED) is 0.701. The van der Waals surface area contributed by atoms with E-state index in [-0.39, 0.29) is 17.9 Å². The normalized spacial score (nSPS) is 10.5. The number of nitrogens with zero attached hydrogens (tertiary/aromatic N) is 3. The summed E-state index contributed by atoms with van der Waals surface area (Å²) in [5.74, 6) is 0.261. The molecule has 0 atom stereocenters. The van der Waals surface area contributed by atoms with Crippen LogP contribution in [-0.4, -0.2) is 32.4 Å². The number of amides is 1. The maximum atomic E-state index is 12.4. The molecule has 2 N–H and O–H groups in total. The molecule has 7 heteroatoms. The molecule has 3 rings (SSSR count). The fourth-order valence-corrected chi connectivity index (χ4v) is 2.58. The lowest BCUT2D eigenvalue weighted by Crippen LogP contribution is -2.30. The highest BCUT2D eigenvalue weighted by molar-refractivity contribution is 5.78. The average molecular weight is 349 g/mol. The lowest BCUT2D eigenvalue weighted by Gasteiger charge is -2.08. The fraction of sp³-hybridized carbons (Fsp3) is 0.211. The van der Waals surface area contributed by atoms with Gasteiger partial charge in [0, 0.05) is 48.2 Å². The fourth-order valence-electron chi connectivity index (χ4n) is 2.58. The van der Waals surface area contributed by atoms with Crippen molar-refractivity contribution in [3.8, 4) is 11.4 Å². The number of pyridine rings is 2. The maximum Gasteiger partial charge on any atom is 0.255 e. The molecule has 0 unspecified atom stereocenters. The number of aryl methyl sites for hydroxylation is 1. The van der Waals surface area contributed by atoms with E-state index in [1.54, 1.807) is 43.8 Å². The van der Waals surface area contributed by atoms with Gasteiger partial charge in [-0.25, -0.2) is 4.98 Å². The van der Waals surface area contributed by atoms with Crippen molar-refractivity contribution in [3.63, 3.8) is 0 Å². The first kappa shape index (κ1) is 17.5. The van der Waals surface area contributed by atoms with E-state index in [0.717, 1.165) is 11.1 Å². The first-order valence-electron chi connectivity index (χ1n) is 8.29. The van der Waals surface area contributed by atoms with Crippen LogP contribution in [0.15, 0.2) is 53.8 Å². The minimum absolute atomic E-state index is 0.00215. The van der Waals surface area contributed by atoms with Crippen LogP contribution < -0.4 is 10.9 Å². The van der Waals surface area contributed by atoms with E-state index >= 15 is 0 Å². The standard InChI is InChI=1S/C19H19N5O2/c1-13-16(11-17(25)22-10-4-14-3-2-7-21-12-14)19(26)24-18(23-13)15-5-8-20-9-6-15/h2-3,5-9,12H,4,10-11H2,1H3,(H,22,25)(H,23,24,26). The largest absolute Gasteiger partial charge is 0.355 e. The monoisotopic (exact) mass is 349 g/mol. The molecule has 0 saturated carbocycles. The smallest absolute Gasteiger partial charge is 0.255 e. The Morgan fingerprint density at radius 1 is 1.15 bits per heavy atom. The third kappa shape index (κ3) is 4.38. The van der Waals surface area contributed by atoms with E-state index in [1.807, 2.05) is 12.1 Å². The lowest BCUT2D eigenvalue weighted by atomic mass is 10.1. The summed E-state index contributed by atoms with van der Waals surface area (Å²) in [4.78, 5) is 39.6. The minimum Gasteiger partial charge on any atom is -0.355 e. The SMILES string of the molecule is Cc1nc(-c2ccncc2)[nH]c(=O)c1CC(=O)NCCc1cccnc1. The molecule has 0 fully saturated rings. The van der Waals surface area contributed by atoms with Gasteiger partial charge in [0.15, 0.2) is 0 Å². The number of nitrogens with one attached hydrogen (secondary N) is 2. The number of H-pyrrole nitrogens is 1. The molecule has 0 bridgehead atoms. The molecule has 132 valence electrons. The molecule has 0 aliphatic heterocycles. The topological polar surface area (TPSA) is 101 Å². The van der Waals surface area contributed by atoms with Crippen molar-refractivity contribution in [1.29, 1.82) is 0 Å². The van der Waals surface area contributed by atoms with Gasteiger partial charge in [0.05, 0.1) is 6.42 Å². The molecule has 0 aromatic carbocycles. The zero-order valence-corrected chi connectivity index (χ0v) is 14.4. The number of rotatable bonds is 6. The van der Waals surface area contributed by atoms with Crippen LogP contribution in [0.3, 0.4) is 0 Å². The summed E-state index contributed by atoms with van der Waals surface area (Å²) in [6, 6.07) is 7.34. The predicted molar refractivity (Wildman–Crippen MR) is 97.5 cm³/mol. The number of aromatic amines is 1. The summed E-state index contributed by atoms with van der Waals surface area (Å²) in [7, 11) is 0. The number of carbonyl (C=O) groups excluding carboxylic acids is 1. The van der Waals surface area contributed by atoms with Crippen LogP contribution in [-0.2, 0) is 17.6 Å². The van der Waals surface area contributed by atoms with E-state index in [9.17, 15) is 9.59 Å². The van der Waals surface area contributed by atoms with Crippen LogP contribution in [0, 0.1) is 6.92 Å². The van der Waals surface area contributed by atoms with Crippen LogP contribution in [0.1, 0.15) is 16.8 Å². The van der Waals surface area contributed by atoms with Gasteiger partial charge in [0.25, 0.3) is 5.56 Å². The summed E-state index contributed by atoms with van der Waals surface area (Å²) >= 11 is 0. The number of carbonyl (C=O) groups is 1. The average Bonchev–Trinajstić information content (AvgIpc) is 2.66. The van der Waals surface area contributed by atoms with Crippen LogP contribution in [0.5, 0.6) is 0 Å². The Bertz CT molecular complexity index is 939. The lowest BCUT2D eigenvalue weighted by molar-refractivity contribution is -0.120. The van der Waals surface area contributed by atoms with Crippen LogP contribution in [0.25, 0.3) is 11.4 Å². The molecule has 3 aromatic heterocycles. The number of hydrogen-bond donors (Lipinski definition) is 2. The van der Waals surface area contributed by atoms with Gasteiger partial charge in [-0.3, -0.25) is 19.6 Å². The molecule has 0 radical (unpaired) electrons. The van der Waals surface area contributed by atoms with Crippen molar-refractivity contribution >= 4 is 5.91 Å². The van der Waals surface area contributed by atoms with E-state index in [1.165, 1.54) is 0 Å². The Morgan fingerprint density at radius 3 is 2.65 bits per heavy atom. The Kier molecular flexibility index (Phi) is 5.48. The highest BCUT2D eigenvalue weighted by atomic mass is 16.2. The van der Waals surface area contributed by atoms with Gasteiger partial charge in [-0.2, -0.15) is 0 Å². The van der Waals surface area contributed by atoms with Gasteiger partial charge in [-0.15, -0.1) is 0 Å². The second-order valence-electron chi connectivity index (χ2n) is 5.85. The summed E-state index contributed by atoms with van der Waals surface area (Å²) in [6.07, 6.45) is 7.43. The Morgan fingerprint density at radius 2 is 1.96 bits per heavy atom. The zero-order valence-electron chi connectivity index (χ0n) is 14.4. The molecule has 7 nitrogen and oxygen atoms in total. The molecular formula is C19H19N5O2. The van der Waals surface area contributed by atoms with E-state index in [2.05, 4.69) is 25.3 Å². The predicted octanol–water partition coefficient (Wildman–Crippen LogP) is 1.44. The zero-order chi connectivity index (χ0) is 18.4. The highest BCUT2D eigenvalue weighted by Gasteiger charge is 2.13. The second-order valence-corrected chi connectivity index (χ2v) is 5.85. The summed E-state index contributed by atoms with van der Waals surface area (Å²) < 4.78 is 0. The van der Waals surface area contributed by atoms with Crippen molar-refractivity contribution in [2.45, 2.75) is 19.8 Å². The van der Waals surface area contributed by atoms with E-state index < -0.39 is 0 Å². The van der Waals surface area contributed by atoms with Crippen LogP contribution >= 0.6 is 0 Å². The molecule has 3 aromatic rings. The molecule has 0 aliphatic rings. The van der Waals surface area contributed by atoms with E-state index in [0.29, 0.717) is 30.0 Å². The maximum absolute atomic E-state index is 12.4. The number of hydrogen-bond acceptors (Lipinski definition) is 5. The second kappa shape index (κ2) is 8.15. The summed E-state index contributed by atoms with van der Waals surface area (Å²) in [5.41, 5.74) is 2.44. The van der Waals surface area contributed by atoms with Crippen LogP contribution in [0.2, 0.25) is 0 Å². The van der Waals surface area contributed by atoms with Crippen molar-refractivity contribution < 1.29 is 4.79 Å². The number of aromatic nitrogens is 4. The Labute approximate surface area is 150 Å². The van der Waals surface area contributed by atoms with Gasteiger partial charge in [0.1, 0.15) is 5.82 Å². The molecule has 26 heavy (non-hydrogen) atoms. The van der Waals surface area contributed by atoms with Crippen molar-refractivity contribution in [1.82, 2.24) is 25.3 Å². The first-order chi connectivity index (χ1) is 12.6. The van der Waals surface area contributed by atoms with Crippen molar-refractivity contribution in [3.05, 3.63) is 76.2 Å². The van der Waals surface area contributed by atoms with Gasteiger partial charge < -0.3 is 10.3 Å². The van der Waals surface area contributed by atoms with Crippen molar-refractivity contribution in [2.75, 3.05) is 6.54 Å². The molecule has 0 saturated heterocycles. The molecule has 1 amide bonds. The Balaban J connectivity index is 1.64. The van der Waals surface area contributed by atoms with Crippen molar-refractivity contribution in [2.24, 2.45) is 0 Å². The van der Waals surface area contributed by atoms with E-state index in [4.69, 9.17) is 0 Å². The van der Waals surface area contributed by atoms with Gasteiger partial charge in [-0.1, -0.05) is 6.07 Å². The van der Waals surface area contributed by atoms with Gasteiger partial charge >= 0.3 is 0 Å². The first-order valence-corrected chi connectivity index (χ1v) is 8.29. The minimum atomic E-state index is -0.299.